The molecule has 0 aliphatic heterocycles. The molecular formula is C9H10ClNO. The maximum absolute atomic E-state index is 8.73. The second-order valence-corrected chi connectivity index (χ2v) is 2.61. The summed E-state index contributed by atoms with van der Waals surface area (Å²) in [6.45, 7) is 0.0342. The van der Waals surface area contributed by atoms with Crippen LogP contribution in [0.4, 0.5) is 0 Å². The van der Waals surface area contributed by atoms with Gasteiger partial charge in [0.25, 0.3) is 0 Å². The molecule has 0 spiro atoms. The van der Waals surface area contributed by atoms with Gasteiger partial charge in [0.1, 0.15) is 0 Å². The maximum Gasteiger partial charge on any atom is 0.0696 e. The quantitative estimate of drug-likeness (QED) is 0.726. The smallest absolute Gasteiger partial charge is 0.0696 e. The summed E-state index contributed by atoms with van der Waals surface area (Å²) in [5, 5.41) is 8.73. The van der Waals surface area contributed by atoms with Crippen LogP contribution in [0.1, 0.15) is 11.3 Å². The van der Waals surface area contributed by atoms with Crippen molar-refractivity contribution in [2.45, 2.75) is 6.61 Å². The molecule has 0 amide bonds. The van der Waals surface area contributed by atoms with Gasteiger partial charge in [0.05, 0.1) is 12.3 Å². The molecule has 0 fully saturated rings. The van der Waals surface area contributed by atoms with Gasteiger partial charge in [-0.25, -0.2) is 0 Å². The standard InChI is InChI=1S/C9H10ClNO/c10-5-1-2-9-4-3-8(7-12)6-11-9/h1-4,6,12H,5,7H2. The minimum Gasteiger partial charge on any atom is -0.392 e. The topological polar surface area (TPSA) is 33.1 Å². The Balaban J connectivity index is 2.71. The fourth-order valence-corrected chi connectivity index (χ4v) is 0.882. The van der Waals surface area contributed by atoms with Crippen LogP contribution in [-0.4, -0.2) is 16.0 Å². The lowest BCUT2D eigenvalue weighted by Gasteiger charge is -1.95. The lowest BCUT2D eigenvalue weighted by Crippen LogP contribution is -1.86. The number of aromatic nitrogens is 1. The van der Waals surface area contributed by atoms with Crippen LogP contribution < -0.4 is 0 Å². The number of alkyl halides is 1. The van der Waals surface area contributed by atoms with Crippen molar-refractivity contribution in [1.82, 2.24) is 4.98 Å². The molecule has 0 atom stereocenters. The SMILES string of the molecule is OCc1ccc(C=CCCl)nc1. The van der Waals surface area contributed by atoms with Gasteiger partial charge in [-0.1, -0.05) is 12.1 Å². The molecule has 0 saturated heterocycles. The number of pyridine rings is 1. The Hall–Kier alpha value is -0.860. The number of allylic oxidation sites excluding steroid dienone is 1. The van der Waals surface area contributed by atoms with Crippen molar-refractivity contribution in [3.63, 3.8) is 0 Å². The second kappa shape index (κ2) is 4.91. The number of hydrogen-bond acceptors (Lipinski definition) is 2. The molecule has 1 rings (SSSR count). The van der Waals surface area contributed by atoms with Crippen molar-refractivity contribution < 1.29 is 5.11 Å². The number of hydrogen-bond donors (Lipinski definition) is 1. The number of halogens is 1. The predicted molar refractivity (Wildman–Crippen MR) is 49.9 cm³/mol. The van der Waals surface area contributed by atoms with Gasteiger partial charge < -0.3 is 5.11 Å². The first-order chi connectivity index (χ1) is 5.86. The van der Waals surface area contributed by atoms with Crippen molar-refractivity contribution in [3.8, 4) is 0 Å². The molecule has 1 N–H and O–H groups in total. The highest BCUT2D eigenvalue weighted by atomic mass is 35.5. The van der Waals surface area contributed by atoms with E-state index in [0.717, 1.165) is 11.3 Å². The van der Waals surface area contributed by atoms with Gasteiger partial charge in [0.2, 0.25) is 0 Å². The Morgan fingerprint density at radius 1 is 1.50 bits per heavy atom. The summed E-state index contributed by atoms with van der Waals surface area (Å²) in [7, 11) is 0. The van der Waals surface area contributed by atoms with E-state index in [9.17, 15) is 0 Å². The Kier molecular flexibility index (Phi) is 3.77. The number of rotatable bonds is 3. The molecule has 0 radical (unpaired) electrons. The molecule has 0 bridgehead atoms. The molecule has 1 aromatic rings. The largest absolute Gasteiger partial charge is 0.392 e. The first kappa shape index (κ1) is 9.23. The summed E-state index contributed by atoms with van der Waals surface area (Å²) >= 11 is 5.46. The highest BCUT2D eigenvalue weighted by Gasteiger charge is 1.89. The number of aliphatic hydroxyl groups is 1. The van der Waals surface area contributed by atoms with Gasteiger partial charge in [0.15, 0.2) is 0 Å². The van der Waals surface area contributed by atoms with E-state index in [4.69, 9.17) is 16.7 Å². The predicted octanol–water partition coefficient (Wildman–Crippen LogP) is 1.83. The van der Waals surface area contributed by atoms with E-state index in [1.807, 2.05) is 24.3 Å². The van der Waals surface area contributed by atoms with E-state index >= 15 is 0 Å². The third kappa shape index (κ3) is 2.64. The molecule has 1 aromatic heterocycles. The van der Waals surface area contributed by atoms with Crippen LogP contribution in [0.2, 0.25) is 0 Å². The third-order valence-corrected chi connectivity index (χ3v) is 1.59. The van der Waals surface area contributed by atoms with Gasteiger partial charge in [-0.05, 0) is 17.7 Å². The first-order valence-electron chi connectivity index (χ1n) is 3.65. The summed E-state index contributed by atoms with van der Waals surface area (Å²) < 4.78 is 0. The van der Waals surface area contributed by atoms with E-state index in [1.165, 1.54) is 0 Å². The zero-order valence-corrected chi connectivity index (χ0v) is 7.33. The molecule has 12 heavy (non-hydrogen) atoms. The van der Waals surface area contributed by atoms with Crippen molar-refractivity contribution in [1.29, 1.82) is 0 Å². The Labute approximate surface area is 76.5 Å². The van der Waals surface area contributed by atoms with Crippen molar-refractivity contribution in [3.05, 3.63) is 35.7 Å². The molecule has 0 unspecified atom stereocenters. The summed E-state index contributed by atoms with van der Waals surface area (Å²) in [6.07, 6.45) is 5.31. The Morgan fingerprint density at radius 2 is 2.33 bits per heavy atom. The minimum absolute atomic E-state index is 0.0342. The second-order valence-electron chi connectivity index (χ2n) is 2.31. The molecule has 0 aliphatic rings. The van der Waals surface area contributed by atoms with Crippen molar-refractivity contribution >= 4 is 17.7 Å². The van der Waals surface area contributed by atoms with Crippen LogP contribution in [-0.2, 0) is 6.61 Å². The van der Waals surface area contributed by atoms with Crippen LogP contribution in [0.15, 0.2) is 24.4 Å². The van der Waals surface area contributed by atoms with Crippen LogP contribution >= 0.6 is 11.6 Å². The fraction of sp³-hybridized carbons (Fsp3) is 0.222. The summed E-state index contributed by atoms with van der Waals surface area (Å²) in [6, 6.07) is 3.68. The van der Waals surface area contributed by atoms with Gasteiger partial charge in [-0.3, -0.25) is 4.98 Å². The summed E-state index contributed by atoms with van der Waals surface area (Å²) in [4.78, 5) is 4.08. The van der Waals surface area contributed by atoms with E-state index in [1.54, 1.807) is 6.20 Å². The average Bonchev–Trinajstić information content (AvgIpc) is 2.15. The normalized spacial score (nSPS) is 10.8. The maximum atomic E-state index is 8.73. The van der Waals surface area contributed by atoms with Gasteiger partial charge in [-0.15, -0.1) is 11.6 Å². The van der Waals surface area contributed by atoms with Crippen LogP contribution in [0.5, 0.6) is 0 Å². The zero-order valence-electron chi connectivity index (χ0n) is 6.57. The van der Waals surface area contributed by atoms with Gasteiger partial charge in [0, 0.05) is 12.1 Å². The van der Waals surface area contributed by atoms with E-state index in [2.05, 4.69) is 4.98 Å². The molecule has 0 aliphatic carbocycles. The summed E-state index contributed by atoms with van der Waals surface area (Å²) in [5.74, 6) is 0.490. The lowest BCUT2D eigenvalue weighted by atomic mass is 10.2. The monoisotopic (exact) mass is 183 g/mol. The van der Waals surface area contributed by atoms with Crippen LogP contribution in [0.25, 0.3) is 6.08 Å². The Bertz CT molecular complexity index is 256. The Morgan fingerprint density at radius 3 is 2.83 bits per heavy atom. The lowest BCUT2D eigenvalue weighted by molar-refractivity contribution is 0.281. The van der Waals surface area contributed by atoms with Crippen molar-refractivity contribution in [2.24, 2.45) is 0 Å². The van der Waals surface area contributed by atoms with E-state index < -0.39 is 0 Å². The van der Waals surface area contributed by atoms with Crippen LogP contribution in [0, 0.1) is 0 Å². The molecule has 3 heteroatoms. The summed E-state index contributed by atoms with van der Waals surface area (Å²) in [5.41, 5.74) is 1.67. The zero-order chi connectivity index (χ0) is 8.81. The third-order valence-electron chi connectivity index (χ3n) is 1.41. The van der Waals surface area contributed by atoms with Gasteiger partial charge >= 0.3 is 0 Å². The molecule has 2 nitrogen and oxygen atoms in total. The van der Waals surface area contributed by atoms with E-state index in [0.29, 0.717) is 5.88 Å². The molecule has 0 aromatic carbocycles. The molecule has 0 saturated carbocycles. The first-order valence-corrected chi connectivity index (χ1v) is 4.18. The van der Waals surface area contributed by atoms with Gasteiger partial charge in [-0.2, -0.15) is 0 Å². The number of nitrogens with zero attached hydrogens (tertiary/aromatic N) is 1. The highest BCUT2D eigenvalue weighted by Crippen LogP contribution is 2.01. The molecular weight excluding hydrogens is 174 g/mol. The van der Waals surface area contributed by atoms with E-state index in [-0.39, 0.29) is 6.61 Å². The number of aliphatic hydroxyl groups excluding tert-OH is 1. The molecule has 1 heterocycles. The highest BCUT2D eigenvalue weighted by molar-refractivity contribution is 6.19. The average molecular weight is 184 g/mol. The minimum atomic E-state index is 0.0342. The van der Waals surface area contributed by atoms with Crippen molar-refractivity contribution in [2.75, 3.05) is 5.88 Å². The molecule has 64 valence electrons. The fourth-order valence-electron chi connectivity index (χ4n) is 0.793. The van der Waals surface area contributed by atoms with Crippen LogP contribution in [0.3, 0.4) is 0 Å².